The number of rotatable bonds is 12. The molecule has 5 aromatic rings. The molecule has 514 valence electrons. The molecule has 3 aromatic carbocycles. The number of carbonyl (C=O) groups is 5. The van der Waals surface area contributed by atoms with Gasteiger partial charge in [-0.2, -0.15) is 4.39 Å². The number of anilines is 1. The number of nitrogens with zero attached hydrogens (tertiary/aromatic N) is 4. The van der Waals surface area contributed by atoms with Crippen molar-refractivity contribution in [1.29, 1.82) is 0 Å². The third-order valence-electron chi connectivity index (χ3n) is 17.1. The van der Waals surface area contributed by atoms with Crippen molar-refractivity contribution in [1.82, 2.24) is 30.0 Å². The SMILES string of the molecule is COc1c(F)c(F)cc2c(=O)c(C(=O)OB(F)F)cn([C@@H]3C[C@@H]3F)c12.COc1c(N2CC(C)C(C)(N)C2)c(F)cc2c(=O)c(C(=O)O)cn([C@@H]3C[C@@H]3F)c12.C[C@H]1CN(C(=O)OCc2ccccc2)C[C@@]1(C)NC(=O)OC(C)(C)C.C[C@H]1CNC[C@@]1(C)NC(=O)OC(C)(C)C. The molecule has 6 N–H and O–H groups in total. The van der Waals surface area contributed by atoms with Crippen LogP contribution < -0.4 is 46.9 Å². The molecule has 2 unspecified atom stereocenters. The van der Waals surface area contributed by atoms with Crippen molar-refractivity contribution in [2.45, 2.75) is 155 Å². The number of benzene rings is 3. The zero-order chi connectivity index (χ0) is 70.1. The third kappa shape index (κ3) is 17.0. The van der Waals surface area contributed by atoms with Crippen LogP contribution in [0.1, 0.15) is 134 Å². The minimum Gasteiger partial charge on any atom is -0.492 e. The Morgan fingerprint density at radius 3 is 1.68 bits per heavy atom. The number of hydrogen-bond donors (Lipinski definition) is 5. The zero-order valence-electron chi connectivity index (χ0n) is 54.9. The van der Waals surface area contributed by atoms with Gasteiger partial charge in [0.15, 0.2) is 23.1 Å². The molecule has 2 aromatic heterocycles. The molecule has 0 spiro atoms. The van der Waals surface area contributed by atoms with Gasteiger partial charge in [0, 0.05) is 70.0 Å². The highest BCUT2D eigenvalue weighted by atomic mass is 19.2. The summed E-state index contributed by atoms with van der Waals surface area (Å²) >= 11 is 0. The number of nitrogens with two attached hydrogens (primary N) is 1. The van der Waals surface area contributed by atoms with Gasteiger partial charge < -0.3 is 74.1 Å². The van der Waals surface area contributed by atoms with Gasteiger partial charge in [-0.1, -0.05) is 51.1 Å². The number of nitrogens with one attached hydrogen (secondary N) is 3. The van der Waals surface area contributed by atoms with E-state index in [0.717, 1.165) is 48.8 Å². The van der Waals surface area contributed by atoms with E-state index in [1.807, 2.05) is 106 Å². The van der Waals surface area contributed by atoms with Crippen LogP contribution in [0.15, 0.2) is 64.4 Å². The van der Waals surface area contributed by atoms with Crippen molar-refractivity contribution in [3.63, 3.8) is 0 Å². The number of aromatic carboxylic acids is 1. The van der Waals surface area contributed by atoms with E-state index in [1.54, 1.807) is 9.80 Å². The summed E-state index contributed by atoms with van der Waals surface area (Å²) in [6.07, 6.45) is -1.60. The standard InChI is InChI=1S/C20H23F2N3O4.C19H28N2O4.C14H9BF5NO4.C11H22N2O2/c1-9-6-24(8-20(9,2)23)16-13(22)4-10-15(18(16)29-3)25(14-5-12(14)21)7-11(17(10)26)19(27)28;1-14-11-21(17(23)24-12-15-9-7-6-8-10-15)13-19(14,5)20-16(22)25-18(2,3)4;1-24-13-10(18)8(17)2-5-11(13)21(9-3-7(9)16)4-6(12(5)22)14(23)25-15(19)20;1-8-6-12-7-11(8,5)13-9(14)15-10(2,3)4/h4,7,9,12,14H,5-6,8,23H2,1-3H3,(H,27,28);6-10,14H,11-13H2,1-5H3,(H,20,22);2,4,7,9H,3H2,1H3;8,12H,6-7H2,1-5H3,(H,13,14)/t9?,12-,14+,20?;14-,19+;7-,9+;8-,11+/m0000/s1. The molecule has 10 rings (SSSR count). The van der Waals surface area contributed by atoms with Gasteiger partial charge in [0.2, 0.25) is 16.7 Å². The number of alkyl halides is 2. The van der Waals surface area contributed by atoms with Crippen molar-refractivity contribution in [3.8, 4) is 11.5 Å². The first-order chi connectivity index (χ1) is 43.6. The van der Waals surface area contributed by atoms with Crippen LogP contribution in [0.2, 0.25) is 0 Å². The number of carbonyl (C=O) groups excluding carboxylic acids is 4. The Balaban J connectivity index is 0.000000181. The highest BCUT2D eigenvalue weighted by Gasteiger charge is 2.47. The Labute approximate surface area is 539 Å². The number of ether oxygens (including phenoxy) is 5. The Kier molecular flexibility index (Phi) is 22.1. The van der Waals surface area contributed by atoms with Crippen LogP contribution in [0.3, 0.4) is 0 Å². The van der Waals surface area contributed by atoms with Crippen LogP contribution in [0, 0.1) is 35.2 Å². The minimum atomic E-state index is -3.48. The summed E-state index contributed by atoms with van der Waals surface area (Å²) in [6, 6.07) is 9.57. The Morgan fingerprint density at radius 1 is 0.723 bits per heavy atom. The van der Waals surface area contributed by atoms with Gasteiger partial charge >= 0.3 is 37.7 Å². The summed E-state index contributed by atoms with van der Waals surface area (Å²) in [7, 11) is -1.12. The summed E-state index contributed by atoms with van der Waals surface area (Å²) in [5.74, 6) is -6.64. The summed E-state index contributed by atoms with van der Waals surface area (Å²) in [6.45, 7) is 26.8. The first-order valence-corrected chi connectivity index (χ1v) is 30.4. The molecule has 2 aliphatic carbocycles. The van der Waals surface area contributed by atoms with E-state index in [1.165, 1.54) is 11.7 Å². The number of pyridine rings is 2. The van der Waals surface area contributed by atoms with E-state index in [0.29, 0.717) is 38.2 Å². The molecule has 2 saturated carbocycles. The smallest absolute Gasteiger partial charge is 0.492 e. The van der Waals surface area contributed by atoms with Crippen LogP contribution in [-0.4, -0.2) is 150 Å². The molecule has 5 fully saturated rings. The number of hydrogen-bond acceptors (Lipinski definition) is 16. The molecule has 30 heteroatoms. The maximum absolute atomic E-state index is 15.2. The number of halogens is 7. The molecule has 10 atom stereocenters. The maximum atomic E-state index is 15.2. The monoisotopic (exact) mass is 1330 g/mol. The number of alkyl carbamates (subject to hydrolysis) is 2. The van der Waals surface area contributed by atoms with E-state index < -0.39 is 123 Å². The molecular formula is C64H82BF7N8O14. The lowest BCUT2D eigenvalue weighted by molar-refractivity contribution is 0.0437. The van der Waals surface area contributed by atoms with Crippen LogP contribution in [0.25, 0.3) is 21.8 Å². The number of methoxy groups -OCH3 is 2. The molecular weight excluding hydrogens is 1250 g/mol. The summed E-state index contributed by atoms with van der Waals surface area (Å²) in [5, 5.41) is 17.8. The molecule has 0 radical (unpaired) electrons. The van der Waals surface area contributed by atoms with Gasteiger partial charge in [-0.15, -0.1) is 0 Å². The summed E-state index contributed by atoms with van der Waals surface area (Å²) in [4.78, 5) is 87.7. The van der Waals surface area contributed by atoms with Gasteiger partial charge in [-0.25, -0.2) is 50.2 Å². The number of aromatic nitrogens is 2. The lowest BCUT2D eigenvalue weighted by atomic mass is 9.91. The first kappa shape index (κ1) is 73.1. The second-order valence-corrected chi connectivity index (χ2v) is 27.1. The number of carboxylic acids is 1. The lowest BCUT2D eigenvalue weighted by Crippen LogP contribution is -2.52. The normalized spacial score (nSPS) is 25.1. The largest absolute Gasteiger partial charge is 0.798 e. The van der Waals surface area contributed by atoms with E-state index in [9.17, 15) is 64.9 Å². The molecule has 94 heavy (non-hydrogen) atoms. The van der Waals surface area contributed by atoms with Crippen molar-refractivity contribution >= 4 is 65.2 Å². The van der Waals surface area contributed by atoms with Crippen molar-refractivity contribution < 1.29 is 88.0 Å². The van der Waals surface area contributed by atoms with E-state index in [2.05, 4.69) is 27.5 Å². The first-order valence-electron chi connectivity index (χ1n) is 30.4. The fourth-order valence-corrected chi connectivity index (χ4v) is 11.2. The maximum Gasteiger partial charge on any atom is 0.798 e. The van der Waals surface area contributed by atoms with Crippen LogP contribution in [0.4, 0.5) is 50.7 Å². The highest BCUT2D eigenvalue weighted by Crippen LogP contribution is 2.47. The summed E-state index contributed by atoms with van der Waals surface area (Å²) < 4.78 is 127. The highest BCUT2D eigenvalue weighted by molar-refractivity contribution is 6.38. The molecule has 5 heterocycles. The molecule has 0 bridgehead atoms. The van der Waals surface area contributed by atoms with E-state index in [-0.39, 0.29) is 76.9 Å². The average molecular weight is 1330 g/mol. The number of likely N-dealkylation sites (tertiary alicyclic amines) is 1. The molecule has 22 nitrogen and oxygen atoms in total. The van der Waals surface area contributed by atoms with Gasteiger partial charge in [0.1, 0.15) is 47.0 Å². The molecule has 3 amide bonds. The molecule has 5 aliphatic rings. The average Bonchev–Trinajstić information content (AvgIpc) is 1.28. The fraction of sp³-hybridized carbons (Fsp3) is 0.547. The molecule has 3 aliphatic heterocycles. The molecule has 3 saturated heterocycles. The Hall–Kier alpha value is -8.28. The second-order valence-electron chi connectivity index (χ2n) is 27.1. The van der Waals surface area contributed by atoms with Gasteiger partial charge in [0.05, 0.1) is 59.2 Å². The van der Waals surface area contributed by atoms with Crippen LogP contribution in [-0.2, 0) is 25.5 Å². The Morgan fingerprint density at radius 2 is 1.22 bits per heavy atom. The van der Waals surface area contributed by atoms with Crippen molar-refractivity contribution in [2.24, 2.45) is 23.5 Å². The zero-order valence-corrected chi connectivity index (χ0v) is 54.9. The Bertz CT molecular complexity index is 3800. The predicted molar refractivity (Wildman–Crippen MR) is 336 cm³/mol. The quantitative estimate of drug-likeness (QED) is 0.0441. The number of carboxylic acid groups (broad SMARTS) is 1. The summed E-state index contributed by atoms with van der Waals surface area (Å²) in [5.41, 5.74) is 1.68. The fourth-order valence-electron chi connectivity index (χ4n) is 11.2. The van der Waals surface area contributed by atoms with Gasteiger partial charge in [0.25, 0.3) is 0 Å². The second kappa shape index (κ2) is 28.4. The topological polar surface area (TPSA) is 274 Å². The lowest BCUT2D eigenvalue weighted by Gasteiger charge is -2.31. The van der Waals surface area contributed by atoms with Gasteiger partial charge in [-0.3, -0.25) is 9.59 Å². The number of amides is 3. The van der Waals surface area contributed by atoms with E-state index >= 15 is 4.39 Å². The van der Waals surface area contributed by atoms with Crippen LogP contribution in [0.5, 0.6) is 11.5 Å². The van der Waals surface area contributed by atoms with Gasteiger partial charge in [-0.05, 0) is 97.8 Å². The minimum absolute atomic E-state index is 0.0105. The van der Waals surface area contributed by atoms with E-state index in [4.69, 9.17) is 29.4 Å². The number of fused-ring (bicyclic) bond motifs is 2. The predicted octanol–water partition coefficient (Wildman–Crippen LogP) is 10.0. The van der Waals surface area contributed by atoms with Crippen molar-refractivity contribution in [3.05, 3.63) is 109 Å². The van der Waals surface area contributed by atoms with Crippen LogP contribution >= 0.6 is 0 Å². The third-order valence-corrected chi connectivity index (χ3v) is 17.1. The van der Waals surface area contributed by atoms with Crippen molar-refractivity contribution in [2.75, 3.05) is 58.4 Å².